The van der Waals surface area contributed by atoms with E-state index in [1.807, 2.05) is 45.9 Å². The van der Waals surface area contributed by atoms with Gasteiger partial charge in [0.05, 0.1) is 25.3 Å². The molecule has 10 nitrogen and oxygen atoms in total. The van der Waals surface area contributed by atoms with Crippen molar-refractivity contribution in [1.82, 2.24) is 4.57 Å². The van der Waals surface area contributed by atoms with Crippen LogP contribution in [0.25, 0.3) is 28.3 Å². The lowest BCUT2D eigenvalue weighted by atomic mass is 9.85. The van der Waals surface area contributed by atoms with Gasteiger partial charge in [-0.2, -0.15) is 4.57 Å². The van der Waals surface area contributed by atoms with Crippen molar-refractivity contribution in [3.63, 3.8) is 0 Å². The van der Waals surface area contributed by atoms with Gasteiger partial charge in [0.15, 0.2) is 12.4 Å². The number of pyridine rings is 2. The zero-order valence-corrected chi connectivity index (χ0v) is 23.2. The van der Waals surface area contributed by atoms with Crippen molar-refractivity contribution in [1.29, 1.82) is 0 Å². The minimum Gasteiger partial charge on any atom is -0.480 e. The average Bonchev–Trinajstić information content (AvgIpc) is 3.39. The third-order valence-corrected chi connectivity index (χ3v) is 6.78. The fourth-order valence-corrected chi connectivity index (χ4v) is 5.18. The van der Waals surface area contributed by atoms with Gasteiger partial charge in [-0.3, -0.25) is 4.79 Å². The number of aliphatic carboxylic acids is 2. The second kappa shape index (κ2) is 10.4. The molecule has 0 amide bonds. The summed E-state index contributed by atoms with van der Waals surface area (Å²) in [7, 11) is 2.53. The number of nitrogens with zero attached hydrogens (tertiary/aromatic N) is 2. The molecular weight excluding hydrogens is 516 g/mol. The number of carboxylic acids is 2. The van der Waals surface area contributed by atoms with Gasteiger partial charge in [-0.25, -0.2) is 14.4 Å². The molecule has 3 aliphatic rings. The van der Waals surface area contributed by atoms with Crippen LogP contribution in [0, 0.1) is 0 Å². The van der Waals surface area contributed by atoms with Crippen LogP contribution < -0.4 is 4.57 Å². The largest absolute Gasteiger partial charge is 0.480 e. The van der Waals surface area contributed by atoms with E-state index in [9.17, 15) is 29.4 Å². The number of hydrogen-bond donors (Lipinski definition) is 2. The molecule has 4 rings (SSSR count). The first-order chi connectivity index (χ1) is 18.7. The lowest BCUT2D eigenvalue weighted by Gasteiger charge is -2.21. The predicted octanol–water partition coefficient (Wildman–Crippen LogP) is 3.88. The van der Waals surface area contributed by atoms with Crippen LogP contribution in [-0.2, 0) is 37.6 Å². The molecule has 1 aromatic heterocycles. The van der Waals surface area contributed by atoms with Gasteiger partial charge in [0.25, 0.3) is 0 Å². The number of methoxy groups -OCH3 is 2. The number of carbonyl (C=O) groups excluding carboxylic acids is 2. The maximum Gasteiger partial charge on any atom is 0.370 e. The van der Waals surface area contributed by atoms with E-state index in [0.29, 0.717) is 33.4 Å². The highest BCUT2D eigenvalue weighted by Gasteiger charge is 2.32. The molecule has 0 radical (unpaired) electrons. The van der Waals surface area contributed by atoms with Gasteiger partial charge >= 0.3 is 23.9 Å². The van der Waals surface area contributed by atoms with Gasteiger partial charge in [-0.1, -0.05) is 26.8 Å². The van der Waals surface area contributed by atoms with Gasteiger partial charge in [0.2, 0.25) is 6.54 Å². The number of carboxylic acid groups (broad SMARTS) is 2. The lowest BCUT2D eigenvalue weighted by Crippen LogP contribution is -2.39. The molecule has 1 aliphatic heterocycles. The fourth-order valence-electron chi connectivity index (χ4n) is 5.18. The monoisotopic (exact) mass is 547 g/mol. The standard InChI is InChI=1S/C30H30N2O8/c1-16-7-17(19-10-31(14-24(33)34)12-21(26(16)19)28(37)39-5)8-18-9-23(30(2,3)4)20-11-32(15-25(35)36)13-22(27(18)20)29(38)40-6/h7-13H,14-15H2,1-6H3,(H-,33,34,35,36)/p+1. The lowest BCUT2D eigenvalue weighted by molar-refractivity contribution is -0.686. The molecule has 0 saturated heterocycles. The van der Waals surface area contributed by atoms with Crippen molar-refractivity contribution in [2.45, 2.75) is 46.2 Å². The van der Waals surface area contributed by atoms with E-state index in [4.69, 9.17) is 9.47 Å². The van der Waals surface area contributed by atoms with Crippen LogP contribution in [0.2, 0.25) is 0 Å². The van der Waals surface area contributed by atoms with Gasteiger partial charge in [-0.15, -0.1) is 0 Å². The van der Waals surface area contributed by atoms with Gasteiger partial charge in [0, 0.05) is 29.1 Å². The first kappa shape index (κ1) is 28.3. The van der Waals surface area contributed by atoms with E-state index >= 15 is 0 Å². The number of esters is 2. The zero-order valence-electron chi connectivity index (χ0n) is 23.2. The van der Waals surface area contributed by atoms with Crippen molar-refractivity contribution in [2.75, 3.05) is 14.2 Å². The molecule has 0 bridgehead atoms. The number of fused-ring (bicyclic) bond motifs is 2. The van der Waals surface area contributed by atoms with Crippen molar-refractivity contribution in [2.24, 2.45) is 0 Å². The topological polar surface area (TPSA) is 136 Å². The third kappa shape index (κ3) is 5.25. The van der Waals surface area contributed by atoms with Crippen LogP contribution in [0.5, 0.6) is 0 Å². The van der Waals surface area contributed by atoms with E-state index in [1.165, 1.54) is 35.7 Å². The number of allylic oxidation sites excluding steroid dienone is 3. The quantitative estimate of drug-likeness (QED) is 0.336. The zero-order chi connectivity index (χ0) is 29.5. The summed E-state index contributed by atoms with van der Waals surface area (Å²) < 4.78 is 12.9. The highest BCUT2D eigenvalue weighted by Crippen LogP contribution is 2.45. The molecule has 0 spiro atoms. The Morgan fingerprint density at radius 2 is 1.57 bits per heavy atom. The SMILES string of the molecule is COC(=O)c1c[n+](CC(=O)O)cc2c1C(C)=C/C2=C\c1cc(C(C)(C)C)c2cn(CC(=O)O)cc(C(=O)OC)c1-2. The van der Waals surface area contributed by atoms with Crippen molar-refractivity contribution in [3.05, 3.63) is 70.3 Å². The summed E-state index contributed by atoms with van der Waals surface area (Å²) >= 11 is 0. The van der Waals surface area contributed by atoms with E-state index in [1.54, 1.807) is 12.4 Å². The molecule has 40 heavy (non-hydrogen) atoms. The van der Waals surface area contributed by atoms with E-state index in [2.05, 4.69) is 0 Å². The number of aromatic nitrogens is 2. The van der Waals surface area contributed by atoms with Crippen molar-refractivity contribution < 1.29 is 43.4 Å². The van der Waals surface area contributed by atoms with Gasteiger partial charge in [-0.05, 0) is 46.8 Å². The van der Waals surface area contributed by atoms with Crippen LogP contribution in [0.3, 0.4) is 0 Å². The first-order valence-electron chi connectivity index (χ1n) is 12.5. The smallest absolute Gasteiger partial charge is 0.370 e. The van der Waals surface area contributed by atoms with Gasteiger partial charge in [0.1, 0.15) is 12.1 Å². The molecule has 2 aliphatic carbocycles. The molecule has 2 N–H and O–H groups in total. The number of carbonyl (C=O) groups is 4. The normalized spacial score (nSPS) is 13.8. The molecular formula is C30H31N2O8+. The Balaban J connectivity index is 2.03. The Kier molecular flexibility index (Phi) is 7.38. The average molecular weight is 548 g/mol. The summed E-state index contributed by atoms with van der Waals surface area (Å²) in [5, 5.41) is 18.8. The summed E-state index contributed by atoms with van der Waals surface area (Å²) in [6, 6.07) is 1.96. The Morgan fingerprint density at radius 1 is 0.925 bits per heavy atom. The maximum absolute atomic E-state index is 12.9. The molecule has 0 fully saturated rings. The first-order valence-corrected chi connectivity index (χ1v) is 12.5. The van der Waals surface area contributed by atoms with Crippen LogP contribution in [0.15, 0.2) is 36.9 Å². The molecule has 2 heterocycles. The summed E-state index contributed by atoms with van der Waals surface area (Å²) in [4.78, 5) is 48.5. The maximum atomic E-state index is 12.9. The summed E-state index contributed by atoms with van der Waals surface area (Å²) in [5.41, 5.74) is 5.81. The van der Waals surface area contributed by atoms with E-state index < -0.39 is 23.9 Å². The Morgan fingerprint density at radius 3 is 2.15 bits per heavy atom. The van der Waals surface area contributed by atoms with Crippen LogP contribution in [-0.4, -0.2) is 52.9 Å². The van der Waals surface area contributed by atoms with Crippen LogP contribution in [0.4, 0.5) is 0 Å². The molecule has 208 valence electrons. The van der Waals surface area contributed by atoms with Crippen LogP contribution >= 0.6 is 0 Å². The highest BCUT2D eigenvalue weighted by molar-refractivity contribution is 6.09. The number of rotatable bonds is 7. The summed E-state index contributed by atoms with van der Waals surface area (Å²) in [6.07, 6.45) is 10.1. The third-order valence-electron chi connectivity index (χ3n) is 6.78. The van der Waals surface area contributed by atoms with E-state index in [-0.39, 0.29) is 29.6 Å². The molecule has 1 aromatic rings. The molecule has 10 heteroatoms. The molecule has 0 unspecified atom stereocenters. The minimum atomic E-state index is -1.07. The van der Waals surface area contributed by atoms with Gasteiger partial charge < -0.3 is 24.3 Å². The second-order valence-corrected chi connectivity index (χ2v) is 10.7. The van der Waals surface area contributed by atoms with E-state index in [0.717, 1.165) is 11.1 Å². The molecule has 0 saturated carbocycles. The molecule has 0 aromatic carbocycles. The summed E-state index contributed by atoms with van der Waals surface area (Å²) in [5.74, 6) is -3.31. The van der Waals surface area contributed by atoms with Crippen LogP contribution in [0.1, 0.15) is 70.7 Å². The Labute approximate surface area is 231 Å². The second-order valence-electron chi connectivity index (χ2n) is 10.7. The van der Waals surface area contributed by atoms with Crippen molar-refractivity contribution in [3.8, 4) is 11.1 Å². The fraction of sp³-hybridized carbons (Fsp3) is 0.300. The van der Waals surface area contributed by atoms with Crippen molar-refractivity contribution >= 4 is 41.1 Å². The summed E-state index contributed by atoms with van der Waals surface area (Å²) in [6.45, 7) is 7.24. The minimum absolute atomic E-state index is 0.215. The Hall–Kier alpha value is -4.73. The number of hydrogen-bond acceptors (Lipinski definition) is 6. The Bertz CT molecular complexity index is 1600. The predicted molar refractivity (Wildman–Crippen MR) is 146 cm³/mol. The number of ether oxygens (including phenoxy) is 2. The highest BCUT2D eigenvalue weighted by atomic mass is 16.5. The molecule has 0 atom stereocenters.